The molecule has 2 N–H and O–H groups in total. The van der Waals surface area contributed by atoms with Crippen LogP contribution in [0.3, 0.4) is 0 Å². The Kier molecular flexibility index (Phi) is 13.2. The van der Waals surface area contributed by atoms with Crippen LogP contribution >= 0.6 is 24.0 Å². The Balaban J connectivity index is 0.00000420. The second-order valence-corrected chi connectivity index (χ2v) is 7.25. The van der Waals surface area contributed by atoms with Gasteiger partial charge in [0.05, 0.1) is 6.61 Å². The number of hydrogen-bond donors (Lipinski definition) is 2. The average molecular weight is 520 g/mol. The van der Waals surface area contributed by atoms with E-state index < -0.39 is 0 Å². The zero-order chi connectivity index (χ0) is 20.2. The van der Waals surface area contributed by atoms with E-state index in [1.165, 1.54) is 0 Å². The van der Waals surface area contributed by atoms with Gasteiger partial charge in [-0.25, -0.2) is 0 Å². The van der Waals surface area contributed by atoms with Gasteiger partial charge in [-0.2, -0.15) is 0 Å². The summed E-state index contributed by atoms with van der Waals surface area (Å²) < 4.78 is 16.6. The highest BCUT2D eigenvalue weighted by atomic mass is 127. The van der Waals surface area contributed by atoms with Crippen molar-refractivity contribution in [3.63, 3.8) is 0 Å². The quantitative estimate of drug-likeness (QED) is 0.281. The van der Waals surface area contributed by atoms with Gasteiger partial charge < -0.3 is 24.8 Å². The first-order chi connectivity index (χ1) is 13.6. The molecule has 7 nitrogen and oxygen atoms in total. The van der Waals surface area contributed by atoms with Gasteiger partial charge in [0.15, 0.2) is 5.96 Å². The molecule has 1 saturated heterocycles. The number of rotatable bonds is 10. The van der Waals surface area contributed by atoms with Crippen LogP contribution in [0, 0.1) is 0 Å². The van der Waals surface area contributed by atoms with E-state index in [2.05, 4.69) is 46.6 Å². The molecule has 1 aliphatic rings. The van der Waals surface area contributed by atoms with E-state index in [0.717, 1.165) is 49.9 Å². The molecule has 0 aromatic heterocycles. The lowest BCUT2D eigenvalue weighted by atomic mass is 10.1. The third-order valence-electron chi connectivity index (χ3n) is 4.91. The molecule has 0 spiro atoms. The van der Waals surface area contributed by atoms with Crippen LogP contribution in [0.5, 0.6) is 5.75 Å². The molecule has 1 atom stereocenters. The summed E-state index contributed by atoms with van der Waals surface area (Å²) in [6, 6.07) is 8.99. The molecular formula is C21H37IN4O3. The van der Waals surface area contributed by atoms with Crippen LogP contribution in [0.1, 0.15) is 25.3 Å². The fourth-order valence-electron chi connectivity index (χ4n) is 3.27. The number of likely N-dealkylation sites (N-methyl/N-ethyl adjacent to an activating group) is 1. The molecule has 1 fully saturated rings. The number of aliphatic imine (C=N–C) groups is 1. The number of halogens is 1. The van der Waals surface area contributed by atoms with Gasteiger partial charge in [-0.05, 0) is 44.5 Å². The molecule has 0 aliphatic carbocycles. The van der Waals surface area contributed by atoms with Gasteiger partial charge in [-0.1, -0.05) is 12.1 Å². The molecule has 29 heavy (non-hydrogen) atoms. The van der Waals surface area contributed by atoms with Crippen LogP contribution in [0.25, 0.3) is 0 Å². The van der Waals surface area contributed by atoms with E-state index in [4.69, 9.17) is 14.2 Å². The molecule has 166 valence electrons. The Morgan fingerprint density at radius 1 is 1.34 bits per heavy atom. The third kappa shape index (κ3) is 9.97. The van der Waals surface area contributed by atoms with E-state index in [1.807, 2.05) is 12.1 Å². The first kappa shape index (κ1) is 25.9. The van der Waals surface area contributed by atoms with Crippen molar-refractivity contribution in [2.45, 2.75) is 38.4 Å². The van der Waals surface area contributed by atoms with Crippen molar-refractivity contribution in [3.05, 3.63) is 29.8 Å². The Hall–Kier alpha value is -1.10. The van der Waals surface area contributed by atoms with Crippen LogP contribution in [0.15, 0.2) is 29.3 Å². The molecule has 0 saturated carbocycles. The van der Waals surface area contributed by atoms with Gasteiger partial charge in [-0.15, -0.1) is 24.0 Å². The molecule has 1 unspecified atom stereocenters. The molecule has 1 aliphatic heterocycles. The van der Waals surface area contributed by atoms with Crippen LogP contribution in [0.4, 0.5) is 0 Å². The number of nitrogens with zero attached hydrogens (tertiary/aromatic N) is 2. The van der Waals surface area contributed by atoms with E-state index in [0.29, 0.717) is 25.8 Å². The summed E-state index contributed by atoms with van der Waals surface area (Å²) >= 11 is 0. The number of guanidine groups is 1. The van der Waals surface area contributed by atoms with Gasteiger partial charge in [0.25, 0.3) is 0 Å². The maximum absolute atomic E-state index is 5.97. The summed E-state index contributed by atoms with van der Waals surface area (Å²) in [5, 5.41) is 6.63. The minimum Gasteiger partial charge on any atom is -0.492 e. The fourth-order valence-corrected chi connectivity index (χ4v) is 3.27. The van der Waals surface area contributed by atoms with Crippen molar-refractivity contribution in [3.8, 4) is 5.75 Å². The van der Waals surface area contributed by atoms with E-state index in [9.17, 15) is 0 Å². The molecule has 0 amide bonds. The van der Waals surface area contributed by atoms with Crippen molar-refractivity contribution in [1.29, 1.82) is 0 Å². The number of benzene rings is 1. The molecular weight excluding hydrogens is 483 g/mol. The van der Waals surface area contributed by atoms with E-state index >= 15 is 0 Å². The van der Waals surface area contributed by atoms with Gasteiger partial charge >= 0.3 is 0 Å². The first-order valence-corrected chi connectivity index (χ1v) is 10.1. The predicted octanol–water partition coefficient (Wildman–Crippen LogP) is 2.49. The zero-order valence-electron chi connectivity index (χ0n) is 18.1. The molecule has 1 heterocycles. The third-order valence-corrected chi connectivity index (χ3v) is 4.91. The lowest BCUT2D eigenvalue weighted by Crippen LogP contribution is -2.43. The summed E-state index contributed by atoms with van der Waals surface area (Å²) in [5.74, 6) is 1.66. The summed E-state index contributed by atoms with van der Waals surface area (Å²) in [6.07, 6.45) is 2.21. The van der Waals surface area contributed by atoms with E-state index in [1.54, 1.807) is 14.2 Å². The van der Waals surface area contributed by atoms with Crippen molar-refractivity contribution in [1.82, 2.24) is 15.5 Å². The topological polar surface area (TPSA) is 67.4 Å². The van der Waals surface area contributed by atoms with Crippen molar-refractivity contribution < 1.29 is 14.2 Å². The highest BCUT2D eigenvalue weighted by Gasteiger charge is 2.17. The number of methoxy groups -OCH3 is 1. The van der Waals surface area contributed by atoms with Crippen LogP contribution in [-0.4, -0.2) is 77.1 Å². The normalized spacial score (nSPS) is 16.2. The fraction of sp³-hybridized carbons (Fsp3) is 0.667. The number of ether oxygens (including phenoxy) is 3. The van der Waals surface area contributed by atoms with Crippen molar-refractivity contribution in [2.75, 3.05) is 54.2 Å². The van der Waals surface area contributed by atoms with Crippen LogP contribution < -0.4 is 15.4 Å². The number of nitrogens with one attached hydrogen (secondary N) is 2. The lowest BCUT2D eigenvalue weighted by Gasteiger charge is -2.31. The molecule has 8 heteroatoms. The van der Waals surface area contributed by atoms with Crippen LogP contribution in [-0.2, 0) is 16.0 Å². The zero-order valence-corrected chi connectivity index (χ0v) is 20.5. The van der Waals surface area contributed by atoms with Gasteiger partial charge in [0.2, 0.25) is 0 Å². The predicted molar refractivity (Wildman–Crippen MR) is 128 cm³/mol. The first-order valence-electron chi connectivity index (χ1n) is 10.1. The largest absolute Gasteiger partial charge is 0.492 e. The Morgan fingerprint density at radius 2 is 2.10 bits per heavy atom. The Morgan fingerprint density at radius 3 is 2.79 bits per heavy atom. The van der Waals surface area contributed by atoms with Gasteiger partial charge in [0.1, 0.15) is 12.4 Å². The highest BCUT2D eigenvalue weighted by Crippen LogP contribution is 2.15. The van der Waals surface area contributed by atoms with Gasteiger partial charge in [0, 0.05) is 52.5 Å². The minimum atomic E-state index is 0. The van der Waals surface area contributed by atoms with Gasteiger partial charge in [-0.3, -0.25) is 9.89 Å². The second-order valence-electron chi connectivity index (χ2n) is 7.25. The standard InChI is InChI=1S/C21H36N4O3.HI/c1-17(16-26-4)24-21(22-2)23-15-18-6-5-7-20(14-18)28-13-10-25(3)19-8-11-27-12-9-19;/h5-7,14,17,19H,8-13,15-16H2,1-4H3,(H2,22,23,24);1H. The molecule has 1 aromatic carbocycles. The maximum Gasteiger partial charge on any atom is 0.191 e. The summed E-state index contributed by atoms with van der Waals surface area (Å²) in [7, 11) is 5.63. The summed E-state index contributed by atoms with van der Waals surface area (Å²) in [4.78, 5) is 6.63. The monoisotopic (exact) mass is 520 g/mol. The minimum absolute atomic E-state index is 0. The molecule has 2 rings (SSSR count). The molecule has 0 radical (unpaired) electrons. The van der Waals surface area contributed by atoms with Crippen LogP contribution in [0.2, 0.25) is 0 Å². The average Bonchev–Trinajstić information content (AvgIpc) is 2.72. The summed E-state index contributed by atoms with van der Waals surface area (Å²) in [6.45, 7) is 6.71. The molecule has 1 aromatic rings. The van der Waals surface area contributed by atoms with Crippen molar-refractivity contribution in [2.24, 2.45) is 4.99 Å². The molecule has 0 bridgehead atoms. The maximum atomic E-state index is 5.97. The summed E-state index contributed by atoms with van der Waals surface area (Å²) in [5.41, 5.74) is 1.15. The second kappa shape index (κ2) is 14.8. The SMILES string of the molecule is CN=C(NCc1cccc(OCCN(C)C2CCOCC2)c1)NC(C)COC.I. The Bertz CT molecular complexity index is 597. The van der Waals surface area contributed by atoms with E-state index in [-0.39, 0.29) is 30.0 Å². The van der Waals surface area contributed by atoms with Crippen molar-refractivity contribution >= 4 is 29.9 Å². The lowest BCUT2D eigenvalue weighted by molar-refractivity contribution is 0.0392. The highest BCUT2D eigenvalue weighted by molar-refractivity contribution is 14.0. The Labute approximate surface area is 192 Å². The smallest absolute Gasteiger partial charge is 0.191 e. The number of hydrogen-bond acceptors (Lipinski definition) is 5.